The maximum Gasteiger partial charge on any atom is 0.172 e. The van der Waals surface area contributed by atoms with E-state index < -0.39 is 11.4 Å². The third-order valence-corrected chi connectivity index (χ3v) is 3.56. The fourth-order valence-corrected chi connectivity index (χ4v) is 2.33. The summed E-state index contributed by atoms with van der Waals surface area (Å²) in [4.78, 5) is 0. The fraction of sp³-hybridized carbons (Fsp3) is 0.455. The molecule has 15 heavy (non-hydrogen) atoms. The third kappa shape index (κ3) is 1.66. The molecule has 0 radical (unpaired) electrons. The van der Waals surface area contributed by atoms with Crippen LogP contribution in [0.3, 0.4) is 0 Å². The van der Waals surface area contributed by atoms with Crippen LogP contribution in [0, 0.1) is 5.82 Å². The molecule has 0 atom stereocenters. The second-order valence-electron chi connectivity index (χ2n) is 3.83. The summed E-state index contributed by atoms with van der Waals surface area (Å²) in [5, 5.41) is 10.1. The van der Waals surface area contributed by atoms with Gasteiger partial charge >= 0.3 is 0 Å². The molecule has 0 unspecified atom stereocenters. The Balaban J connectivity index is 2.49. The topological polar surface area (TPSA) is 29.5 Å². The van der Waals surface area contributed by atoms with Crippen molar-refractivity contribution in [3.8, 4) is 5.75 Å². The highest BCUT2D eigenvalue weighted by atomic mass is 79.9. The van der Waals surface area contributed by atoms with Gasteiger partial charge in [0.05, 0.1) is 17.2 Å². The molecule has 0 amide bonds. The Bertz CT molecular complexity index is 388. The summed E-state index contributed by atoms with van der Waals surface area (Å²) in [7, 11) is 1.41. The van der Waals surface area contributed by atoms with Gasteiger partial charge in [0.15, 0.2) is 11.6 Å². The van der Waals surface area contributed by atoms with Crippen molar-refractivity contribution in [3.05, 3.63) is 28.0 Å². The number of rotatable bonds is 2. The van der Waals surface area contributed by atoms with Crippen LogP contribution in [0.4, 0.5) is 4.39 Å². The van der Waals surface area contributed by atoms with Gasteiger partial charge in [-0.2, -0.15) is 0 Å². The number of hydrogen-bond acceptors (Lipinski definition) is 2. The van der Waals surface area contributed by atoms with Gasteiger partial charge in [0.2, 0.25) is 0 Å². The normalized spacial score (nSPS) is 18.4. The van der Waals surface area contributed by atoms with Crippen molar-refractivity contribution in [1.29, 1.82) is 0 Å². The highest BCUT2D eigenvalue weighted by Crippen LogP contribution is 2.44. The summed E-state index contributed by atoms with van der Waals surface area (Å²) in [5.41, 5.74) is -0.647. The molecule has 0 heterocycles. The first-order chi connectivity index (χ1) is 7.08. The van der Waals surface area contributed by atoms with Crippen LogP contribution in [0.1, 0.15) is 24.8 Å². The lowest BCUT2D eigenvalue weighted by atomic mass is 9.75. The van der Waals surface area contributed by atoms with E-state index in [1.54, 1.807) is 12.1 Å². The predicted molar refractivity (Wildman–Crippen MR) is 58.4 cm³/mol. The maximum absolute atomic E-state index is 13.9. The molecule has 4 heteroatoms. The fourth-order valence-electron chi connectivity index (χ4n) is 1.86. The molecule has 0 saturated heterocycles. The molecular formula is C11H12BrFO2. The Morgan fingerprint density at radius 3 is 2.60 bits per heavy atom. The molecule has 2 nitrogen and oxygen atoms in total. The van der Waals surface area contributed by atoms with Gasteiger partial charge in [0, 0.05) is 5.56 Å². The van der Waals surface area contributed by atoms with Crippen LogP contribution in [0.15, 0.2) is 16.6 Å². The Morgan fingerprint density at radius 2 is 2.13 bits per heavy atom. The number of ether oxygens (including phenoxy) is 1. The van der Waals surface area contributed by atoms with Gasteiger partial charge in [-0.25, -0.2) is 4.39 Å². The third-order valence-electron chi connectivity index (χ3n) is 2.94. The Kier molecular flexibility index (Phi) is 2.73. The van der Waals surface area contributed by atoms with Gasteiger partial charge in [-0.1, -0.05) is 6.07 Å². The summed E-state index contributed by atoms with van der Waals surface area (Å²) in [5.74, 6) is -0.304. The Labute approximate surface area is 96.2 Å². The average molecular weight is 275 g/mol. The Morgan fingerprint density at radius 1 is 1.47 bits per heavy atom. The minimum atomic E-state index is -0.988. The number of aliphatic hydroxyl groups is 1. The lowest BCUT2D eigenvalue weighted by molar-refractivity contribution is -0.0419. The smallest absolute Gasteiger partial charge is 0.172 e. The molecule has 0 aromatic heterocycles. The molecule has 82 valence electrons. The van der Waals surface area contributed by atoms with Crippen LogP contribution in [-0.2, 0) is 5.60 Å². The molecule has 1 aromatic carbocycles. The quantitative estimate of drug-likeness (QED) is 0.899. The van der Waals surface area contributed by atoms with E-state index in [1.165, 1.54) is 7.11 Å². The van der Waals surface area contributed by atoms with Crippen molar-refractivity contribution in [2.75, 3.05) is 7.11 Å². The summed E-state index contributed by atoms with van der Waals surface area (Å²) in [6.45, 7) is 0. The molecule has 0 aliphatic heterocycles. The molecule has 0 bridgehead atoms. The Hall–Kier alpha value is -0.610. The lowest BCUT2D eigenvalue weighted by Gasteiger charge is -2.37. The highest BCUT2D eigenvalue weighted by Gasteiger charge is 2.39. The highest BCUT2D eigenvalue weighted by molar-refractivity contribution is 9.10. The molecule has 1 aromatic rings. The average Bonchev–Trinajstić information content (AvgIpc) is 2.15. The molecule has 1 saturated carbocycles. The van der Waals surface area contributed by atoms with Gasteiger partial charge in [0.25, 0.3) is 0 Å². The predicted octanol–water partition coefficient (Wildman–Crippen LogP) is 2.97. The van der Waals surface area contributed by atoms with Crippen LogP contribution in [0.25, 0.3) is 0 Å². The first-order valence-corrected chi connectivity index (χ1v) is 5.62. The van der Waals surface area contributed by atoms with Crippen molar-refractivity contribution in [2.45, 2.75) is 24.9 Å². The standard InChI is InChI=1S/C11H12BrFO2/c1-15-10-8(12)4-3-7(9(10)13)11(14)5-2-6-11/h3-4,14H,2,5-6H2,1H3. The van der Waals surface area contributed by atoms with Crippen LogP contribution in [-0.4, -0.2) is 12.2 Å². The second-order valence-corrected chi connectivity index (χ2v) is 4.68. The van der Waals surface area contributed by atoms with E-state index in [9.17, 15) is 9.50 Å². The van der Waals surface area contributed by atoms with E-state index >= 15 is 0 Å². The van der Waals surface area contributed by atoms with Crippen molar-refractivity contribution in [2.24, 2.45) is 0 Å². The van der Waals surface area contributed by atoms with Gasteiger partial charge < -0.3 is 9.84 Å². The zero-order valence-electron chi connectivity index (χ0n) is 8.39. The minimum absolute atomic E-state index is 0.160. The largest absolute Gasteiger partial charge is 0.492 e. The van der Waals surface area contributed by atoms with Crippen molar-refractivity contribution >= 4 is 15.9 Å². The SMILES string of the molecule is COc1c(Br)ccc(C2(O)CCC2)c1F. The molecule has 1 N–H and O–H groups in total. The van der Waals surface area contributed by atoms with Gasteiger partial charge in [-0.15, -0.1) is 0 Å². The van der Waals surface area contributed by atoms with Gasteiger partial charge in [-0.3, -0.25) is 0 Å². The summed E-state index contributed by atoms with van der Waals surface area (Å²) in [6, 6.07) is 3.31. The molecule has 1 fully saturated rings. The number of methoxy groups -OCH3 is 1. The monoisotopic (exact) mass is 274 g/mol. The van der Waals surface area contributed by atoms with E-state index in [4.69, 9.17) is 4.74 Å². The first-order valence-electron chi connectivity index (χ1n) is 4.83. The van der Waals surface area contributed by atoms with E-state index in [2.05, 4.69) is 15.9 Å². The first kappa shape index (κ1) is 10.9. The van der Waals surface area contributed by atoms with Crippen molar-refractivity contribution < 1.29 is 14.2 Å². The number of halogens is 2. The second kappa shape index (κ2) is 3.76. The molecule has 2 rings (SSSR count). The van der Waals surface area contributed by atoms with Crippen molar-refractivity contribution in [3.63, 3.8) is 0 Å². The number of benzene rings is 1. The lowest BCUT2D eigenvalue weighted by Crippen LogP contribution is -2.34. The van der Waals surface area contributed by atoms with E-state index in [-0.39, 0.29) is 5.75 Å². The van der Waals surface area contributed by atoms with Crippen LogP contribution in [0.2, 0.25) is 0 Å². The zero-order valence-corrected chi connectivity index (χ0v) is 9.97. The van der Waals surface area contributed by atoms with E-state index in [0.717, 1.165) is 6.42 Å². The van der Waals surface area contributed by atoms with E-state index in [0.29, 0.717) is 22.9 Å². The van der Waals surface area contributed by atoms with Crippen LogP contribution < -0.4 is 4.74 Å². The summed E-state index contributed by atoms with van der Waals surface area (Å²) < 4.78 is 19.4. The minimum Gasteiger partial charge on any atom is -0.492 e. The molecule has 0 spiro atoms. The van der Waals surface area contributed by atoms with Crippen LogP contribution in [0.5, 0.6) is 5.75 Å². The zero-order chi connectivity index (χ0) is 11.1. The van der Waals surface area contributed by atoms with E-state index in [1.807, 2.05) is 0 Å². The molecular weight excluding hydrogens is 263 g/mol. The molecule has 1 aliphatic carbocycles. The number of hydrogen-bond donors (Lipinski definition) is 1. The van der Waals surface area contributed by atoms with Crippen molar-refractivity contribution in [1.82, 2.24) is 0 Å². The maximum atomic E-state index is 13.9. The van der Waals surface area contributed by atoms with Gasteiger partial charge in [0.1, 0.15) is 0 Å². The summed E-state index contributed by atoms with van der Waals surface area (Å²) >= 11 is 3.20. The molecule has 1 aliphatic rings. The van der Waals surface area contributed by atoms with Crippen LogP contribution >= 0.6 is 15.9 Å². The van der Waals surface area contributed by atoms with Gasteiger partial charge in [-0.05, 0) is 41.3 Å². The summed E-state index contributed by atoms with van der Waals surface area (Å²) in [6.07, 6.45) is 2.18.